The van der Waals surface area contributed by atoms with Gasteiger partial charge in [0.15, 0.2) is 0 Å². The van der Waals surface area contributed by atoms with Crippen LogP contribution in [0.3, 0.4) is 0 Å². The molecule has 6 nitrogen and oxygen atoms in total. The Bertz CT molecular complexity index is 616. The quantitative estimate of drug-likeness (QED) is 0.291. The maximum atomic E-state index is 9.58. The highest BCUT2D eigenvalue weighted by atomic mass is 16.7. The maximum absolute atomic E-state index is 9.58. The van der Waals surface area contributed by atoms with E-state index in [0.29, 0.717) is 19.3 Å². The van der Waals surface area contributed by atoms with Crippen molar-refractivity contribution < 1.29 is 28.8 Å². The van der Waals surface area contributed by atoms with Crippen LogP contribution in [-0.4, -0.2) is 58.3 Å². The molecule has 6 heteroatoms. The molecule has 0 amide bonds. The minimum absolute atomic E-state index is 0.117. The molecule has 0 heterocycles. The summed E-state index contributed by atoms with van der Waals surface area (Å²) >= 11 is 0. The molecule has 1 aromatic rings. The smallest absolute Gasteiger partial charge is 0.146 e. The standard InChI is InChI=1S/C23H34O6/c1-6-8-22(28-16-25-3)23(29-17-26-4)20(10-7-9-18(2)24)15-19-11-13-21(27-5)14-12-19/h6,11-14,18,20,22-24H,1,8-9,15-17H2,2-5H3. The van der Waals surface area contributed by atoms with Gasteiger partial charge in [0.1, 0.15) is 25.4 Å². The van der Waals surface area contributed by atoms with E-state index in [2.05, 4.69) is 18.4 Å². The minimum Gasteiger partial charge on any atom is -0.497 e. The fourth-order valence-corrected chi connectivity index (χ4v) is 2.85. The average Bonchev–Trinajstić information content (AvgIpc) is 2.72. The Morgan fingerprint density at radius 3 is 2.28 bits per heavy atom. The second-order valence-electron chi connectivity index (χ2n) is 6.71. The molecular weight excluding hydrogens is 372 g/mol. The lowest BCUT2D eigenvalue weighted by Crippen LogP contribution is -2.39. The molecule has 0 saturated heterocycles. The van der Waals surface area contributed by atoms with Crippen LogP contribution in [0.25, 0.3) is 0 Å². The Morgan fingerprint density at radius 2 is 1.72 bits per heavy atom. The molecule has 0 aromatic heterocycles. The summed E-state index contributed by atoms with van der Waals surface area (Å²) in [5.41, 5.74) is 1.09. The summed E-state index contributed by atoms with van der Waals surface area (Å²) in [6.07, 6.45) is 2.25. The van der Waals surface area contributed by atoms with Crippen molar-refractivity contribution in [3.05, 3.63) is 42.5 Å². The van der Waals surface area contributed by atoms with Crippen LogP contribution in [0.5, 0.6) is 5.75 Å². The molecule has 0 aliphatic carbocycles. The number of aliphatic hydroxyl groups is 1. The minimum atomic E-state index is -0.490. The third-order valence-electron chi connectivity index (χ3n) is 4.24. The number of methoxy groups -OCH3 is 3. The molecule has 1 aromatic carbocycles. The van der Waals surface area contributed by atoms with Gasteiger partial charge in [0, 0.05) is 20.6 Å². The van der Waals surface area contributed by atoms with Gasteiger partial charge in [-0.25, -0.2) is 0 Å². The van der Waals surface area contributed by atoms with Crippen molar-refractivity contribution in [3.63, 3.8) is 0 Å². The van der Waals surface area contributed by atoms with Crippen molar-refractivity contribution in [2.24, 2.45) is 5.92 Å². The second kappa shape index (κ2) is 15.0. The van der Waals surface area contributed by atoms with Gasteiger partial charge in [0.25, 0.3) is 0 Å². The van der Waals surface area contributed by atoms with E-state index >= 15 is 0 Å². The first-order chi connectivity index (χ1) is 14.0. The van der Waals surface area contributed by atoms with Gasteiger partial charge in [-0.1, -0.05) is 24.1 Å². The highest BCUT2D eigenvalue weighted by Gasteiger charge is 2.30. The Morgan fingerprint density at radius 1 is 1.07 bits per heavy atom. The van der Waals surface area contributed by atoms with E-state index in [1.165, 1.54) is 0 Å². The highest BCUT2D eigenvalue weighted by Crippen LogP contribution is 2.23. The predicted octanol–water partition coefficient (Wildman–Crippen LogP) is 3.18. The molecule has 1 N–H and O–H groups in total. The molecule has 0 aliphatic heterocycles. The summed E-state index contributed by atoms with van der Waals surface area (Å²) in [6.45, 7) is 5.80. The van der Waals surface area contributed by atoms with E-state index in [0.717, 1.165) is 11.3 Å². The van der Waals surface area contributed by atoms with Gasteiger partial charge < -0.3 is 28.8 Å². The monoisotopic (exact) mass is 406 g/mol. The van der Waals surface area contributed by atoms with Crippen molar-refractivity contribution in [2.75, 3.05) is 34.9 Å². The van der Waals surface area contributed by atoms with Crippen molar-refractivity contribution in [1.82, 2.24) is 0 Å². The van der Waals surface area contributed by atoms with Crippen LogP contribution in [0.2, 0.25) is 0 Å². The number of rotatable bonds is 14. The fraction of sp³-hybridized carbons (Fsp3) is 0.565. The first kappa shape index (κ1) is 25.2. The molecule has 0 radical (unpaired) electrons. The van der Waals surface area contributed by atoms with Crippen LogP contribution in [-0.2, 0) is 25.4 Å². The molecule has 0 bridgehead atoms. The summed E-state index contributed by atoms with van der Waals surface area (Å²) in [5, 5.41) is 9.58. The molecular formula is C23H34O6. The SMILES string of the molecule is C=CCC(OCOC)C(OCOC)C(C#CCC(C)O)Cc1ccc(OC)cc1. The lowest BCUT2D eigenvalue weighted by atomic mass is 9.89. The van der Waals surface area contributed by atoms with Crippen LogP contribution < -0.4 is 4.74 Å². The van der Waals surface area contributed by atoms with E-state index in [4.69, 9.17) is 23.7 Å². The molecule has 4 unspecified atom stereocenters. The number of hydrogen-bond donors (Lipinski definition) is 1. The maximum Gasteiger partial charge on any atom is 0.146 e. The Labute approximate surface area is 174 Å². The summed E-state index contributed by atoms with van der Waals surface area (Å²) in [6, 6.07) is 7.86. The van der Waals surface area contributed by atoms with E-state index in [1.54, 1.807) is 34.3 Å². The van der Waals surface area contributed by atoms with Gasteiger partial charge in [-0.3, -0.25) is 0 Å². The summed E-state index contributed by atoms with van der Waals surface area (Å²) in [4.78, 5) is 0. The van der Waals surface area contributed by atoms with Gasteiger partial charge in [-0.15, -0.1) is 12.5 Å². The topological polar surface area (TPSA) is 66.4 Å². The van der Waals surface area contributed by atoms with E-state index < -0.39 is 6.10 Å². The summed E-state index contributed by atoms with van der Waals surface area (Å²) in [7, 11) is 4.79. The molecule has 162 valence electrons. The normalized spacial score (nSPS) is 14.9. The zero-order chi connectivity index (χ0) is 21.5. The van der Waals surface area contributed by atoms with Crippen LogP contribution in [0.4, 0.5) is 0 Å². The van der Waals surface area contributed by atoms with Crippen molar-refractivity contribution in [2.45, 2.75) is 44.5 Å². The molecule has 0 aliphatic rings. The van der Waals surface area contributed by atoms with Crippen LogP contribution in [0.1, 0.15) is 25.3 Å². The molecule has 4 atom stereocenters. The van der Waals surface area contributed by atoms with E-state index in [9.17, 15) is 5.11 Å². The molecule has 1 rings (SSSR count). The van der Waals surface area contributed by atoms with Gasteiger partial charge in [-0.2, -0.15) is 0 Å². The molecule has 0 saturated carbocycles. The molecule has 0 fully saturated rings. The lowest BCUT2D eigenvalue weighted by Gasteiger charge is -2.30. The Balaban J connectivity index is 3.15. The van der Waals surface area contributed by atoms with Gasteiger partial charge >= 0.3 is 0 Å². The summed E-state index contributed by atoms with van der Waals surface area (Å²) in [5.74, 6) is 6.97. The van der Waals surface area contributed by atoms with Crippen molar-refractivity contribution >= 4 is 0 Å². The highest BCUT2D eigenvalue weighted by molar-refractivity contribution is 5.28. The molecule has 0 spiro atoms. The van der Waals surface area contributed by atoms with Gasteiger partial charge in [0.05, 0.1) is 25.2 Å². The summed E-state index contributed by atoms with van der Waals surface area (Å²) < 4.78 is 27.3. The zero-order valence-corrected chi connectivity index (χ0v) is 17.9. The van der Waals surface area contributed by atoms with Gasteiger partial charge in [0.2, 0.25) is 0 Å². The first-order valence-corrected chi connectivity index (χ1v) is 9.67. The number of benzene rings is 1. The lowest BCUT2D eigenvalue weighted by molar-refractivity contribution is -0.165. The average molecular weight is 407 g/mol. The van der Waals surface area contributed by atoms with Crippen LogP contribution in [0.15, 0.2) is 36.9 Å². The van der Waals surface area contributed by atoms with Crippen LogP contribution in [0, 0.1) is 17.8 Å². The number of ether oxygens (including phenoxy) is 5. The largest absolute Gasteiger partial charge is 0.497 e. The van der Waals surface area contributed by atoms with Crippen molar-refractivity contribution in [1.29, 1.82) is 0 Å². The zero-order valence-electron chi connectivity index (χ0n) is 17.9. The number of hydrogen-bond acceptors (Lipinski definition) is 6. The number of aliphatic hydroxyl groups excluding tert-OH is 1. The van der Waals surface area contributed by atoms with Crippen molar-refractivity contribution in [3.8, 4) is 17.6 Å². The fourth-order valence-electron chi connectivity index (χ4n) is 2.85. The Hall–Kier alpha value is -1.88. The van der Waals surface area contributed by atoms with E-state index in [-0.39, 0.29) is 31.7 Å². The third-order valence-corrected chi connectivity index (χ3v) is 4.24. The first-order valence-electron chi connectivity index (χ1n) is 9.67. The third kappa shape index (κ3) is 9.93. The van der Waals surface area contributed by atoms with Gasteiger partial charge in [-0.05, 0) is 37.5 Å². The van der Waals surface area contributed by atoms with E-state index in [1.807, 2.05) is 24.3 Å². The van der Waals surface area contributed by atoms with Crippen LogP contribution >= 0.6 is 0 Å². The molecule has 29 heavy (non-hydrogen) atoms. The Kier molecular flexibility index (Phi) is 13.0. The predicted molar refractivity (Wildman–Crippen MR) is 113 cm³/mol. The second-order valence-corrected chi connectivity index (χ2v) is 6.71.